The van der Waals surface area contributed by atoms with Crippen LogP contribution in [0.5, 0.6) is 0 Å². The monoisotopic (exact) mass is 289 g/mol. The van der Waals surface area contributed by atoms with Crippen molar-refractivity contribution in [3.05, 3.63) is 41.5 Å². The first-order valence-electron chi connectivity index (χ1n) is 7.10. The lowest BCUT2D eigenvalue weighted by molar-refractivity contribution is 0.378. The van der Waals surface area contributed by atoms with Crippen LogP contribution >= 0.6 is 11.8 Å². The van der Waals surface area contributed by atoms with Crippen LogP contribution in [0.15, 0.2) is 33.7 Å². The maximum Gasteiger partial charge on any atom is 0.226 e. The van der Waals surface area contributed by atoms with Crippen LogP contribution in [-0.2, 0) is 18.7 Å². The number of aromatic nitrogens is 2. The molecule has 0 aliphatic heterocycles. The average molecular weight is 289 g/mol. The maximum absolute atomic E-state index is 5.11. The van der Waals surface area contributed by atoms with Crippen LogP contribution in [0, 0.1) is 0 Å². The van der Waals surface area contributed by atoms with E-state index in [4.69, 9.17) is 4.52 Å². The number of aryl methyl sites for hydroxylation is 1. The molecule has 106 valence electrons. The quantitative estimate of drug-likeness (QED) is 0.793. The first kappa shape index (κ1) is 13.6. The number of rotatable bonds is 7. The second-order valence-corrected chi connectivity index (χ2v) is 6.10. The molecule has 0 unspecified atom stereocenters. The number of hydrogen-bond acceptors (Lipinski definition) is 5. The lowest BCUT2D eigenvalue weighted by Crippen LogP contribution is -2.15. The molecule has 0 atom stereocenters. The molecule has 1 saturated carbocycles. The Morgan fingerprint density at radius 1 is 1.40 bits per heavy atom. The van der Waals surface area contributed by atoms with Crippen LogP contribution in [0.2, 0.25) is 0 Å². The largest absolute Gasteiger partial charge is 0.339 e. The Bertz CT molecular complexity index is 566. The molecule has 20 heavy (non-hydrogen) atoms. The SMILES string of the molecule is CCc1nc(CSc2cccc(CNC3CC3)c2)no1. The van der Waals surface area contributed by atoms with Gasteiger partial charge in [-0.05, 0) is 30.5 Å². The number of thioether (sulfide) groups is 1. The lowest BCUT2D eigenvalue weighted by atomic mass is 10.2. The predicted octanol–water partition coefficient (Wildman–Crippen LogP) is 3.18. The van der Waals surface area contributed by atoms with E-state index in [0.717, 1.165) is 30.6 Å². The Labute approximate surface area is 123 Å². The van der Waals surface area contributed by atoms with E-state index in [9.17, 15) is 0 Å². The summed E-state index contributed by atoms with van der Waals surface area (Å²) in [5, 5.41) is 7.51. The van der Waals surface area contributed by atoms with Crippen LogP contribution in [0.25, 0.3) is 0 Å². The maximum atomic E-state index is 5.11. The van der Waals surface area contributed by atoms with E-state index in [1.165, 1.54) is 23.3 Å². The van der Waals surface area contributed by atoms with Gasteiger partial charge < -0.3 is 9.84 Å². The second kappa shape index (κ2) is 6.41. The first-order valence-corrected chi connectivity index (χ1v) is 8.08. The van der Waals surface area contributed by atoms with Crippen molar-refractivity contribution >= 4 is 11.8 Å². The van der Waals surface area contributed by atoms with Crippen LogP contribution in [0.3, 0.4) is 0 Å². The van der Waals surface area contributed by atoms with Crippen molar-refractivity contribution in [3.8, 4) is 0 Å². The van der Waals surface area contributed by atoms with Gasteiger partial charge in [-0.1, -0.05) is 24.2 Å². The zero-order chi connectivity index (χ0) is 13.8. The highest BCUT2D eigenvalue weighted by Gasteiger charge is 2.19. The molecule has 0 spiro atoms. The molecule has 1 aliphatic carbocycles. The van der Waals surface area contributed by atoms with Crippen molar-refractivity contribution in [3.63, 3.8) is 0 Å². The third-order valence-electron chi connectivity index (χ3n) is 3.25. The average Bonchev–Trinajstić information content (AvgIpc) is 3.20. The summed E-state index contributed by atoms with van der Waals surface area (Å²) in [5.41, 5.74) is 1.34. The fourth-order valence-electron chi connectivity index (χ4n) is 1.94. The van der Waals surface area contributed by atoms with Crippen molar-refractivity contribution in [2.45, 2.75) is 49.4 Å². The summed E-state index contributed by atoms with van der Waals surface area (Å²) in [6.07, 6.45) is 3.44. The number of nitrogens with one attached hydrogen (secondary N) is 1. The van der Waals surface area contributed by atoms with E-state index < -0.39 is 0 Å². The van der Waals surface area contributed by atoms with Crippen molar-refractivity contribution in [2.75, 3.05) is 0 Å². The summed E-state index contributed by atoms with van der Waals surface area (Å²) >= 11 is 1.75. The zero-order valence-electron chi connectivity index (χ0n) is 11.6. The molecule has 5 heteroatoms. The molecule has 0 amide bonds. The molecule has 0 saturated heterocycles. The smallest absolute Gasteiger partial charge is 0.226 e. The molecule has 4 nitrogen and oxygen atoms in total. The van der Waals surface area contributed by atoms with Crippen LogP contribution in [0.1, 0.15) is 37.0 Å². The lowest BCUT2D eigenvalue weighted by Gasteiger charge is -2.05. The normalized spacial score (nSPS) is 14.7. The molecule has 3 rings (SSSR count). The van der Waals surface area contributed by atoms with Gasteiger partial charge in [-0.25, -0.2) is 0 Å². The van der Waals surface area contributed by atoms with E-state index in [0.29, 0.717) is 5.89 Å². The van der Waals surface area contributed by atoms with E-state index in [2.05, 4.69) is 39.7 Å². The van der Waals surface area contributed by atoms with Gasteiger partial charge in [-0.2, -0.15) is 4.98 Å². The minimum Gasteiger partial charge on any atom is -0.339 e. The molecule has 0 bridgehead atoms. The number of benzene rings is 1. The fourth-order valence-corrected chi connectivity index (χ4v) is 2.76. The Balaban J connectivity index is 1.54. The molecular weight excluding hydrogens is 270 g/mol. The number of hydrogen-bond donors (Lipinski definition) is 1. The van der Waals surface area contributed by atoms with E-state index >= 15 is 0 Å². The van der Waals surface area contributed by atoms with Crippen molar-refractivity contribution in [1.82, 2.24) is 15.5 Å². The minimum absolute atomic E-state index is 0.711. The Kier molecular flexibility index (Phi) is 4.38. The van der Waals surface area contributed by atoms with Gasteiger partial charge in [0.2, 0.25) is 5.89 Å². The summed E-state index contributed by atoms with van der Waals surface area (Å²) in [6, 6.07) is 9.40. The van der Waals surface area contributed by atoms with E-state index in [-0.39, 0.29) is 0 Å². The van der Waals surface area contributed by atoms with Gasteiger partial charge in [0.15, 0.2) is 5.82 Å². The van der Waals surface area contributed by atoms with Gasteiger partial charge in [0, 0.05) is 23.9 Å². The van der Waals surface area contributed by atoms with Crippen molar-refractivity contribution in [2.24, 2.45) is 0 Å². The minimum atomic E-state index is 0.711. The van der Waals surface area contributed by atoms with Gasteiger partial charge in [0.25, 0.3) is 0 Å². The molecule has 1 heterocycles. The Hall–Kier alpha value is -1.33. The summed E-state index contributed by atoms with van der Waals surface area (Å²) in [7, 11) is 0. The Morgan fingerprint density at radius 2 is 2.30 bits per heavy atom. The zero-order valence-corrected chi connectivity index (χ0v) is 12.4. The van der Waals surface area contributed by atoms with Gasteiger partial charge >= 0.3 is 0 Å². The van der Waals surface area contributed by atoms with Crippen LogP contribution in [0.4, 0.5) is 0 Å². The van der Waals surface area contributed by atoms with Crippen molar-refractivity contribution < 1.29 is 4.52 Å². The summed E-state index contributed by atoms with van der Waals surface area (Å²) < 4.78 is 5.11. The molecule has 1 aliphatic rings. The molecule has 1 N–H and O–H groups in total. The Morgan fingerprint density at radius 3 is 3.05 bits per heavy atom. The molecule has 1 fully saturated rings. The number of nitrogens with zero attached hydrogens (tertiary/aromatic N) is 2. The summed E-state index contributed by atoms with van der Waals surface area (Å²) in [6.45, 7) is 2.97. The predicted molar refractivity (Wildman–Crippen MR) is 79.5 cm³/mol. The third kappa shape index (κ3) is 3.84. The topological polar surface area (TPSA) is 51.0 Å². The van der Waals surface area contributed by atoms with E-state index in [1.54, 1.807) is 11.8 Å². The van der Waals surface area contributed by atoms with Gasteiger partial charge in [-0.3, -0.25) is 0 Å². The highest BCUT2D eigenvalue weighted by molar-refractivity contribution is 7.98. The second-order valence-electron chi connectivity index (χ2n) is 5.05. The van der Waals surface area contributed by atoms with Gasteiger partial charge in [-0.15, -0.1) is 11.8 Å². The molecular formula is C15H19N3OS. The van der Waals surface area contributed by atoms with Gasteiger partial charge in [0.05, 0.1) is 5.75 Å². The summed E-state index contributed by atoms with van der Waals surface area (Å²) in [5.74, 6) is 2.24. The van der Waals surface area contributed by atoms with Crippen LogP contribution < -0.4 is 5.32 Å². The first-order chi connectivity index (χ1) is 9.83. The highest BCUT2D eigenvalue weighted by Crippen LogP contribution is 2.23. The molecule has 1 aromatic carbocycles. The molecule has 2 aromatic rings. The van der Waals surface area contributed by atoms with Crippen molar-refractivity contribution in [1.29, 1.82) is 0 Å². The third-order valence-corrected chi connectivity index (χ3v) is 4.24. The summed E-state index contributed by atoms with van der Waals surface area (Å²) in [4.78, 5) is 5.58. The molecule has 1 aromatic heterocycles. The van der Waals surface area contributed by atoms with E-state index in [1.807, 2.05) is 6.92 Å². The van der Waals surface area contributed by atoms with Crippen LogP contribution in [-0.4, -0.2) is 16.2 Å². The highest BCUT2D eigenvalue weighted by atomic mass is 32.2. The molecule has 0 radical (unpaired) electrons. The fraction of sp³-hybridized carbons (Fsp3) is 0.467. The standard InChI is InChI=1S/C15H19N3OS/c1-2-15-17-14(18-19-15)10-20-13-5-3-4-11(8-13)9-16-12-6-7-12/h3-5,8,12,16H,2,6-7,9-10H2,1H3. The van der Waals surface area contributed by atoms with Gasteiger partial charge in [0.1, 0.15) is 0 Å².